The van der Waals surface area contributed by atoms with Gasteiger partial charge >= 0.3 is 5.69 Å². The molecule has 21 heavy (non-hydrogen) atoms. The maximum atomic E-state index is 11.8. The van der Waals surface area contributed by atoms with Gasteiger partial charge in [-0.25, -0.2) is 9.89 Å². The molecular formula is C11H8Cl2N4O3S. The van der Waals surface area contributed by atoms with E-state index in [-0.39, 0.29) is 10.8 Å². The lowest BCUT2D eigenvalue weighted by Crippen LogP contribution is -2.25. The molecule has 0 aliphatic rings. The SMILES string of the molecule is O=C(CSc1n[nH]c(=O)[nH]c1=O)Nc1cc(Cl)ccc1Cl. The molecule has 1 heterocycles. The molecule has 0 atom stereocenters. The molecule has 7 nitrogen and oxygen atoms in total. The fraction of sp³-hybridized carbons (Fsp3) is 0.0909. The molecule has 0 bridgehead atoms. The molecule has 1 aromatic carbocycles. The fourth-order valence-corrected chi connectivity index (χ4v) is 2.32. The zero-order valence-electron chi connectivity index (χ0n) is 10.3. The first-order chi connectivity index (χ1) is 9.95. The summed E-state index contributed by atoms with van der Waals surface area (Å²) in [6.07, 6.45) is 0. The van der Waals surface area contributed by atoms with Crippen LogP contribution in [0, 0.1) is 0 Å². The molecule has 2 aromatic rings. The molecule has 0 spiro atoms. The molecule has 0 radical (unpaired) electrons. The van der Waals surface area contributed by atoms with Gasteiger partial charge in [-0.15, -0.1) is 0 Å². The van der Waals surface area contributed by atoms with Crippen LogP contribution < -0.4 is 16.6 Å². The van der Waals surface area contributed by atoms with Crippen molar-refractivity contribution in [1.29, 1.82) is 0 Å². The van der Waals surface area contributed by atoms with Gasteiger partial charge in [0.1, 0.15) is 0 Å². The van der Waals surface area contributed by atoms with Crippen LogP contribution in [0.3, 0.4) is 0 Å². The number of nitrogens with one attached hydrogen (secondary N) is 3. The molecule has 0 aliphatic heterocycles. The smallest absolute Gasteiger partial charge is 0.324 e. The summed E-state index contributed by atoms with van der Waals surface area (Å²) in [6, 6.07) is 4.66. The van der Waals surface area contributed by atoms with Crippen LogP contribution in [-0.2, 0) is 4.79 Å². The number of thioether (sulfide) groups is 1. The van der Waals surface area contributed by atoms with Crippen molar-refractivity contribution in [2.75, 3.05) is 11.1 Å². The number of hydrogen-bond donors (Lipinski definition) is 3. The highest BCUT2D eigenvalue weighted by atomic mass is 35.5. The second-order valence-corrected chi connectivity index (χ2v) is 5.58. The van der Waals surface area contributed by atoms with Crippen molar-refractivity contribution in [2.45, 2.75) is 5.03 Å². The summed E-state index contributed by atoms with van der Waals surface area (Å²) in [7, 11) is 0. The van der Waals surface area contributed by atoms with Crippen LogP contribution in [0.15, 0.2) is 32.8 Å². The topological polar surface area (TPSA) is 108 Å². The molecule has 0 fully saturated rings. The van der Waals surface area contributed by atoms with E-state index in [2.05, 4.69) is 15.5 Å². The van der Waals surface area contributed by atoms with Gasteiger partial charge in [0.05, 0.1) is 16.5 Å². The van der Waals surface area contributed by atoms with Crippen LogP contribution in [0.2, 0.25) is 10.0 Å². The van der Waals surface area contributed by atoms with Crippen LogP contribution in [0.5, 0.6) is 0 Å². The summed E-state index contributed by atoms with van der Waals surface area (Å²) in [5, 5.41) is 8.95. The molecular weight excluding hydrogens is 339 g/mol. The standard InChI is InChI=1S/C11H8Cl2N4O3S/c12-5-1-2-6(13)7(3-5)14-8(18)4-21-10-9(19)15-11(20)17-16-10/h1-3H,4H2,(H,14,18)(H2,15,17,19,20). The Morgan fingerprint density at radius 1 is 1.33 bits per heavy atom. The van der Waals surface area contributed by atoms with Crippen LogP contribution >= 0.6 is 35.0 Å². The van der Waals surface area contributed by atoms with E-state index in [1.165, 1.54) is 6.07 Å². The molecule has 1 aromatic heterocycles. The highest BCUT2D eigenvalue weighted by Crippen LogP contribution is 2.25. The molecule has 110 valence electrons. The van der Waals surface area contributed by atoms with Gasteiger partial charge in [-0.3, -0.25) is 14.6 Å². The third kappa shape index (κ3) is 4.35. The first-order valence-electron chi connectivity index (χ1n) is 5.52. The Kier molecular flexibility index (Phi) is 5.05. The van der Waals surface area contributed by atoms with Crippen molar-refractivity contribution in [1.82, 2.24) is 15.2 Å². The average Bonchev–Trinajstić information content (AvgIpc) is 2.42. The Hall–Kier alpha value is -1.77. The summed E-state index contributed by atoms with van der Waals surface area (Å²) >= 11 is 12.6. The van der Waals surface area contributed by atoms with Crippen LogP contribution in [0.1, 0.15) is 0 Å². The van der Waals surface area contributed by atoms with Crippen LogP contribution in [-0.4, -0.2) is 26.8 Å². The zero-order valence-corrected chi connectivity index (χ0v) is 12.6. The summed E-state index contributed by atoms with van der Waals surface area (Å²) in [6.45, 7) is 0. The number of aromatic amines is 2. The van der Waals surface area contributed by atoms with E-state index >= 15 is 0 Å². The molecule has 0 saturated heterocycles. The van der Waals surface area contributed by atoms with Crippen LogP contribution in [0.25, 0.3) is 0 Å². The van der Waals surface area contributed by atoms with E-state index in [0.717, 1.165) is 11.8 Å². The number of hydrogen-bond acceptors (Lipinski definition) is 5. The van der Waals surface area contributed by atoms with Crippen molar-refractivity contribution in [3.05, 3.63) is 49.1 Å². The number of halogens is 2. The zero-order chi connectivity index (χ0) is 15.4. The predicted octanol–water partition coefficient (Wildman–Crippen LogP) is 1.50. The molecule has 2 rings (SSSR count). The second-order valence-electron chi connectivity index (χ2n) is 3.77. The van der Waals surface area contributed by atoms with Gasteiger partial charge in [0.25, 0.3) is 5.56 Å². The third-order valence-corrected chi connectivity index (χ3v) is 3.74. The lowest BCUT2D eigenvalue weighted by atomic mass is 10.3. The first-order valence-corrected chi connectivity index (χ1v) is 7.26. The minimum absolute atomic E-state index is 0.0121. The summed E-state index contributed by atoms with van der Waals surface area (Å²) < 4.78 is 0. The maximum absolute atomic E-state index is 11.8. The number of carbonyl (C=O) groups is 1. The Morgan fingerprint density at radius 3 is 2.81 bits per heavy atom. The average molecular weight is 347 g/mol. The summed E-state index contributed by atoms with van der Waals surface area (Å²) in [5.41, 5.74) is -0.991. The van der Waals surface area contributed by atoms with E-state index in [1.54, 1.807) is 12.1 Å². The molecule has 0 unspecified atom stereocenters. The van der Waals surface area contributed by atoms with Crippen molar-refractivity contribution in [3.8, 4) is 0 Å². The number of carbonyl (C=O) groups excluding carboxylic acids is 1. The van der Waals surface area contributed by atoms with Gasteiger partial charge in [0.15, 0.2) is 5.03 Å². The Bertz CT molecular complexity index is 790. The summed E-state index contributed by atoms with van der Waals surface area (Å²) in [4.78, 5) is 36.0. The number of aromatic nitrogens is 3. The van der Waals surface area contributed by atoms with Gasteiger partial charge in [-0.1, -0.05) is 35.0 Å². The van der Waals surface area contributed by atoms with E-state index < -0.39 is 17.2 Å². The predicted molar refractivity (Wildman–Crippen MR) is 81.3 cm³/mol. The minimum atomic E-state index is -0.709. The minimum Gasteiger partial charge on any atom is -0.324 e. The van der Waals surface area contributed by atoms with Crippen molar-refractivity contribution >= 4 is 46.6 Å². The lowest BCUT2D eigenvalue weighted by Gasteiger charge is -2.07. The molecule has 3 N–H and O–H groups in total. The van der Waals surface area contributed by atoms with Crippen molar-refractivity contribution in [2.24, 2.45) is 0 Å². The number of rotatable bonds is 4. The van der Waals surface area contributed by atoms with Crippen LogP contribution in [0.4, 0.5) is 5.69 Å². The first kappa shape index (κ1) is 15.6. The van der Waals surface area contributed by atoms with E-state index in [1.807, 2.05) is 4.98 Å². The number of H-pyrrole nitrogens is 2. The largest absolute Gasteiger partial charge is 0.342 e. The number of benzene rings is 1. The lowest BCUT2D eigenvalue weighted by molar-refractivity contribution is -0.113. The monoisotopic (exact) mass is 346 g/mol. The summed E-state index contributed by atoms with van der Waals surface area (Å²) in [5.74, 6) is -0.470. The number of anilines is 1. The van der Waals surface area contributed by atoms with E-state index in [0.29, 0.717) is 15.7 Å². The highest BCUT2D eigenvalue weighted by molar-refractivity contribution is 7.99. The molecule has 1 amide bonds. The molecule has 0 aliphatic carbocycles. The molecule has 0 saturated carbocycles. The van der Waals surface area contributed by atoms with E-state index in [4.69, 9.17) is 23.2 Å². The van der Waals surface area contributed by atoms with Gasteiger partial charge in [0, 0.05) is 5.02 Å². The van der Waals surface area contributed by atoms with Gasteiger partial charge in [-0.05, 0) is 18.2 Å². The normalized spacial score (nSPS) is 10.4. The quantitative estimate of drug-likeness (QED) is 0.727. The van der Waals surface area contributed by atoms with E-state index in [9.17, 15) is 14.4 Å². The third-order valence-electron chi connectivity index (χ3n) is 2.22. The fourth-order valence-electron chi connectivity index (χ4n) is 1.35. The van der Waals surface area contributed by atoms with Gasteiger partial charge < -0.3 is 5.32 Å². The Labute approximate surface area is 132 Å². The number of nitrogens with zero attached hydrogens (tertiary/aromatic N) is 1. The van der Waals surface area contributed by atoms with Gasteiger partial charge in [-0.2, -0.15) is 5.10 Å². The van der Waals surface area contributed by atoms with Crippen molar-refractivity contribution in [3.63, 3.8) is 0 Å². The Morgan fingerprint density at radius 2 is 2.10 bits per heavy atom. The second kappa shape index (κ2) is 6.79. The highest BCUT2D eigenvalue weighted by Gasteiger charge is 2.10. The molecule has 10 heteroatoms. The van der Waals surface area contributed by atoms with Gasteiger partial charge in [0.2, 0.25) is 5.91 Å². The van der Waals surface area contributed by atoms with Crippen molar-refractivity contribution < 1.29 is 4.79 Å². The maximum Gasteiger partial charge on any atom is 0.342 e. The number of amides is 1. The Balaban J connectivity index is 2.00.